The zero-order valence-corrected chi connectivity index (χ0v) is 9.59. The first-order valence-corrected chi connectivity index (χ1v) is 5.21. The largest absolute Gasteiger partial charge is 0.289 e. The Morgan fingerprint density at radius 1 is 1.27 bits per heavy atom. The maximum absolute atomic E-state index is 11.4. The zero-order valence-electron chi connectivity index (χ0n) is 8.00. The van der Waals surface area contributed by atoms with Crippen molar-refractivity contribution >= 4 is 33.3 Å². The van der Waals surface area contributed by atoms with Crippen LogP contribution in [0.15, 0.2) is 28.7 Å². The number of halogens is 1. The van der Waals surface area contributed by atoms with E-state index < -0.39 is 0 Å². The van der Waals surface area contributed by atoms with Crippen molar-refractivity contribution < 1.29 is 9.59 Å². The van der Waals surface area contributed by atoms with Crippen LogP contribution in [0, 0.1) is 6.92 Å². The van der Waals surface area contributed by atoms with E-state index in [0.717, 1.165) is 15.6 Å². The summed E-state index contributed by atoms with van der Waals surface area (Å²) in [5, 5.41) is 2.23. The third-order valence-electron chi connectivity index (χ3n) is 2.31. The van der Waals surface area contributed by atoms with Crippen molar-refractivity contribution in [1.29, 1.82) is 0 Å². The van der Waals surface area contributed by atoms with Crippen molar-refractivity contribution in [3.8, 4) is 0 Å². The molecule has 0 aliphatic carbocycles. The number of nitrogens with one attached hydrogen (secondary N) is 1. The molecule has 1 aromatic carbocycles. The summed E-state index contributed by atoms with van der Waals surface area (Å²) in [4.78, 5) is 22.4. The minimum absolute atomic E-state index is 0.332. The molecule has 0 saturated heterocycles. The number of amides is 2. The Balaban J connectivity index is 2.56. The predicted molar refractivity (Wildman–Crippen MR) is 60.0 cm³/mol. The average molecular weight is 266 g/mol. The number of imide groups is 1. The highest BCUT2D eigenvalue weighted by Crippen LogP contribution is 2.26. The molecule has 15 heavy (non-hydrogen) atoms. The quantitative estimate of drug-likeness (QED) is 0.788. The fourth-order valence-corrected chi connectivity index (χ4v) is 1.88. The number of carbonyl (C=O) groups is 2. The van der Waals surface area contributed by atoms with Gasteiger partial charge in [-0.2, -0.15) is 0 Å². The van der Waals surface area contributed by atoms with Crippen LogP contribution in [0.1, 0.15) is 11.1 Å². The highest BCUT2D eigenvalue weighted by molar-refractivity contribution is 9.10. The van der Waals surface area contributed by atoms with Gasteiger partial charge in [-0.05, 0) is 24.1 Å². The topological polar surface area (TPSA) is 46.2 Å². The molecule has 0 aromatic heterocycles. The lowest BCUT2D eigenvalue weighted by Crippen LogP contribution is -2.21. The maximum Gasteiger partial charge on any atom is 0.258 e. The summed E-state index contributed by atoms with van der Waals surface area (Å²) >= 11 is 3.38. The van der Waals surface area contributed by atoms with Gasteiger partial charge in [0.2, 0.25) is 0 Å². The Bertz CT molecular complexity index is 491. The third kappa shape index (κ3) is 1.72. The van der Waals surface area contributed by atoms with Gasteiger partial charge >= 0.3 is 0 Å². The molecule has 1 heterocycles. The Morgan fingerprint density at radius 3 is 2.60 bits per heavy atom. The van der Waals surface area contributed by atoms with Crippen molar-refractivity contribution in [1.82, 2.24) is 5.32 Å². The molecule has 0 fully saturated rings. The molecule has 0 radical (unpaired) electrons. The molecule has 4 heteroatoms. The Morgan fingerprint density at radius 2 is 2.00 bits per heavy atom. The lowest BCUT2D eigenvalue weighted by atomic mass is 10.0. The van der Waals surface area contributed by atoms with Crippen molar-refractivity contribution in [2.45, 2.75) is 6.92 Å². The van der Waals surface area contributed by atoms with Gasteiger partial charge in [-0.1, -0.05) is 28.1 Å². The van der Waals surface area contributed by atoms with Crippen LogP contribution < -0.4 is 5.32 Å². The second-order valence-corrected chi connectivity index (χ2v) is 4.14. The highest BCUT2D eigenvalue weighted by Gasteiger charge is 2.23. The van der Waals surface area contributed by atoms with Gasteiger partial charge in [0, 0.05) is 10.5 Å². The molecule has 1 aliphatic rings. The number of rotatable bonds is 1. The van der Waals surface area contributed by atoms with Crippen LogP contribution in [0.5, 0.6) is 0 Å². The van der Waals surface area contributed by atoms with E-state index in [2.05, 4.69) is 21.2 Å². The molecule has 0 bridgehead atoms. The Hall–Kier alpha value is -1.42. The summed E-state index contributed by atoms with van der Waals surface area (Å²) in [5.74, 6) is -0.685. The van der Waals surface area contributed by atoms with E-state index in [4.69, 9.17) is 0 Å². The summed E-state index contributed by atoms with van der Waals surface area (Å²) in [6.45, 7) is 1.90. The van der Waals surface area contributed by atoms with Crippen LogP contribution in [0.3, 0.4) is 0 Å². The minimum Gasteiger partial charge on any atom is -0.289 e. The van der Waals surface area contributed by atoms with Gasteiger partial charge in [0.15, 0.2) is 0 Å². The SMILES string of the molecule is Cc1c(Br)cccc1C1=CC(=O)NC1=O. The third-order valence-corrected chi connectivity index (χ3v) is 3.17. The standard InChI is InChI=1S/C11H8BrNO2/c1-6-7(3-2-4-9(6)12)8-5-10(14)13-11(8)15/h2-5H,1H3,(H,13,14,15). The van der Waals surface area contributed by atoms with Gasteiger partial charge < -0.3 is 0 Å². The van der Waals surface area contributed by atoms with E-state index in [1.807, 2.05) is 25.1 Å². The molecule has 0 saturated carbocycles. The monoisotopic (exact) mass is 265 g/mol. The van der Waals surface area contributed by atoms with E-state index >= 15 is 0 Å². The molecule has 0 spiro atoms. The first-order valence-electron chi connectivity index (χ1n) is 4.42. The van der Waals surface area contributed by atoms with Crippen LogP contribution in [0.25, 0.3) is 5.57 Å². The van der Waals surface area contributed by atoms with Gasteiger partial charge in [-0.15, -0.1) is 0 Å². The fourth-order valence-electron chi connectivity index (χ4n) is 1.51. The highest BCUT2D eigenvalue weighted by atomic mass is 79.9. The molecular formula is C11H8BrNO2. The van der Waals surface area contributed by atoms with Crippen LogP contribution in [0.2, 0.25) is 0 Å². The van der Waals surface area contributed by atoms with Crippen LogP contribution in [0.4, 0.5) is 0 Å². The molecule has 1 N–H and O–H groups in total. The van der Waals surface area contributed by atoms with E-state index in [9.17, 15) is 9.59 Å². The lowest BCUT2D eigenvalue weighted by molar-refractivity contribution is -0.123. The van der Waals surface area contributed by atoms with Crippen molar-refractivity contribution in [3.63, 3.8) is 0 Å². The summed E-state index contributed by atoms with van der Waals surface area (Å²) in [5.41, 5.74) is 2.17. The molecule has 0 unspecified atom stereocenters. The van der Waals surface area contributed by atoms with E-state index in [1.165, 1.54) is 6.08 Å². The summed E-state index contributed by atoms with van der Waals surface area (Å²) in [7, 11) is 0. The number of hydrogen-bond donors (Lipinski definition) is 1. The van der Waals surface area contributed by atoms with E-state index in [-0.39, 0.29) is 11.8 Å². The number of benzene rings is 1. The summed E-state index contributed by atoms with van der Waals surface area (Å²) in [6.07, 6.45) is 1.33. The Labute approximate surface area is 95.3 Å². The summed E-state index contributed by atoms with van der Waals surface area (Å²) < 4.78 is 0.924. The first kappa shape index (κ1) is 10.1. The van der Waals surface area contributed by atoms with Gasteiger partial charge in [0.1, 0.15) is 0 Å². The summed E-state index contributed by atoms with van der Waals surface area (Å²) in [6, 6.07) is 5.56. The van der Waals surface area contributed by atoms with Crippen molar-refractivity contribution in [2.24, 2.45) is 0 Å². The Kier molecular flexibility index (Phi) is 2.44. The van der Waals surface area contributed by atoms with Gasteiger partial charge in [0.25, 0.3) is 11.8 Å². The average Bonchev–Trinajstić information content (AvgIpc) is 2.50. The molecule has 1 aromatic rings. The smallest absolute Gasteiger partial charge is 0.258 e. The van der Waals surface area contributed by atoms with Crippen molar-refractivity contribution in [2.75, 3.05) is 0 Å². The molecular weight excluding hydrogens is 258 g/mol. The zero-order chi connectivity index (χ0) is 11.0. The fraction of sp³-hybridized carbons (Fsp3) is 0.0909. The molecule has 3 nitrogen and oxygen atoms in total. The second-order valence-electron chi connectivity index (χ2n) is 3.29. The molecule has 76 valence electrons. The number of hydrogen-bond acceptors (Lipinski definition) is 2. The maximum atomic E-state index is 11.4. The predicted octanol–water partition coefficient (Wildman–Crippen LogP) is 1.80. The minimum atomic E-state index is -0.352. The van der Waals surface area contributed by atoms with Gasteiger partial charge in [-0.3, -0.25) is 14.9 Å². The van der Waals surface area contributed by atoms with Crippen LogP contribution in [-0.4, -0.2) is 11.8 Å². The van der Waals surface area contributed by atoms with E-state index in [1.54, 1.807) is 0 Å². The van der Waals surface area contributed by atoms with E-state index in [0.29, 0.717) is 5.57 Å². The lowest BCUT2D eigenvalue weighted by Gasteiger charge is -2.06. The van der Waals surface area contributed by atoms with Crippen molar-refractivity contribution in [3.05, 3.63) is 39.9 Å². The molecule has 2 rings (SSSR count). The normalized spacial score (nSPS) is 15.2. The van der Waals surface area contributed by atoms with Gasteiger partial charge in [0.05, 0.1) is 5.57 Å². The van der Waals surface area contributed by atoms with Crippen LogP contribution in [-0.2, 0) is 9.59 Å². The molecule has 2 amide bonds. The van der Waals surface area contributed by atoms with Gasteiger partial charge in [-0.25, -0.2) is 0 Å². The second kappa shape index (κ2) is 3.62. The first-order chi connectivity index (χ1) is 7.09. The van der Waals surface area contributed by atoms with Crippen LogP contribution >= 0.6 is 15.9 Å². The molecule has 1 aliphatic heterocycles. The molecule has 0 atom stereocenters. The number of carbonyl (C=O) groups excluding carboxylic acids is 2.